The van der Waals surface area contributed by atoms with E-state index in [2.05, 4.69) is 11.8 Å². The van der Waals surface area contributed by atoms with E-state index in [1.54, 1.807) is 0 Å². The van der Waals surface area contributed by atoms with Gasteiger partial charge >= 0.3 is 6.72 Å². The molecule has 0 aliphatic rings. The van der Waals surface area contributed by atoms with Crippen LogP contribution in [-0.4, -0.2) is 19.8 Å². The van der Waals surface area contributed by atoms with Crippen LogP contribution in [0.4, 0.5) is 0 Å². The van der Waals surface area contributed by atoms with Crippen LogP contribution in [0.25, 0.3) is 0 Å². The zero-order chi connectivity index (χ0) is 11.7. The molecule has 0 saturated heterocycles. The average molecular weight is 246 g/mol. The topological polar surface area (TPSA) is 27.7 Å². The van der Waals surface area contributed by atoms with Crippen molar-refractivity contribution in [3.63, 3.8) is 0 Å². The molecule has 0 atom stereocenters. The monoisotopic (exact) mass is 246 g/mol. The molecule has 0 amide bonds. The van der Waals surface area contributed by atoms with Gasteiger partial charge in [-0.15, -0.1) is 12.8 Å². The summed E-state index contributed by atoms with van der Waals surface area (Å²) in [6.45, 7) is 1.85. The van der Waals surface area contributed by atoms with Gasteiger partial charge in [0.05, 0.1) is 6.61 Å². The van der Waals surface area contributed by atoms with Gasteiger partial charge in [0.2, 0.25) is 0 Å². The molecule has 84 valence electrons. The molecule has 5 heteroatoms. The van der Waals surface area contributed by atoms with E-state index in [9.17, 15) is 0 Å². The first kappa shape index (κ1) is 14.6. The van der Waals surface area contributed by atoms with Gasteiger partial charge in [0.15, 0.2) is 0 Å². The third-order valence-electron chi connectivity index (χ3n) is 1.18. The molecule has 0 aromatic rings. The predicted octanol–water partition coefficient (Wildman–Crippen LogP) is 2.18. The van der Waals surface area contributed by atoms with E-state index >= 15 is 0 Å². The lowest BCUT2D eigenvalue weighted by Gasteiger charge is -2.20. The molecular weight excluding hydrogens is 231 g/mol. The summed E-state index contributed by atoms with van der Waals surface area (Å²) in [4.78, 5) is 0. The molecule has 0 heterocycles. The minimum absolute atomic E-state index is 0.0694. The number of hydrogen-bond donors (Lipinski definition) is 0. The normalized spacial score (nSPS) is 11.0. The maximum absolute atomic E-state index is 5.39. The molecule has 0 unspecified atom stereocenters. The third-order valence-corrected chi connectivity index (χ3v) is 3.48. The Kier molecular flexibility index (Phi) is 7.70. The Balaban J connectivity index is 4.23. The molecule has 3 nitrogen and oxygen atoms in total. The van der Waals surface area contributed by atoms with Crippen molar-refractivity contribution in [1.29, 1.82) is 0 Å². The molecule has 0 spiro atoms. The van der Waals surface area contributed by atoms with Gasteiger partial charge in [-0.1, -0.05) is 25.7 Å². The summed E-state index contributed by atoms with van der Waals surface area (Å²) < 4.78 is 15.7. The summed E-state index contributed by atoms with van der Waals surface area (Å²) in [5.74, 6) is 4.97. The Morgan fingerprint density at radius 2 is 1.60 bits per heavy atom. The summed E-state index contributed by atoms with van der Waals surface area (Å²) in [7, 11) is 0. The van der Waals surface area contributed by atoms with Gasteiger partial charge in [0.25, 0.3) is 0 Å². The Morgan fingerprint density at radius 1 is 1.13 bits per heavy atom. The summed E-state index contributed by atoms with van der Waals surface area (Å²) >= 11 is 5.10. The Labute approximate surface area is 96.7 Å². The third kappa shape index (κ3) is 7.56. The molecule has 0 aliphatic carbocycles. The van der Waals surface area contributed by atoms with Gasteiger partial charge in [0, 0.05) is 0 Å². The maximum atomic E-state index is 5.39. The lowest BCUT2D eigenvalue weighted by Crippen LogP contribution is -2.05. The molecule has 0 aliphatic heterocycles. The maximum Gasteiger partial charge on any atom is 0.329 e. The van der Waals surface area contributed by atoms with E-state index in [1.807, 2.05) is 13.8 Å². The molecule has 0 aromatic heterocycles. The molecule has 0 aromatic carbocycles. The van der Waals surface area contributed by atoms with Crippen molar-refractivity contribution in [3.8, 4) is 24.7 Å². The molecule has 0 radical (unpaired) electrons. The van der Waals surface area contributed by atoms with Crippen LogP contribution in [0.3, 0.4) is 0 Å². The van der Waals surface area contributed by atoms with E-state index in [0.29, 0.717) is 12.5 Å². The van der Waals surface area contributed by atoms with Crippen molar-refractivity contribution < 1.29 is 13.6 Å². The lowest BCUT2D eigenvalue weighted by atomic mass is 10.2. The second kappa shape index (κ2) is 7.88. The summed E-state index contributed by atoms with van der Waals surface area (Å²) in [6.07, 6.45) is 10.1. The van der Waals surface area contributed by atoms with E-state index in [4.69, 9.17) is 38.2 Å². The SMILES string of the molecule is C#CCOP(=S)(OCC#C)OCC(C)C. The molecule has 0 fully saturated rings. The summed E-state index contributed by atoms with van der Waals surface area (Å²) in [5, 5.41) is 0. The first-order valence-corrected chi connectivity index (χ1v) is 7.00. The number of terminal acetylenes is 2. The molecule has 0 rings (SSSR count). The Hall–Kier alpha value is -0.350. The number of rotatable bonds is 7. The van der Waals surface area contributed by atoms with E-state index < -0.39 is 6.72 Å². The highest BCUT2D eigenvalue weighted by Gasteiger charge is 2.20. The highest BCUT2D eigenvalue weighted by molar-refractivity contribution is 8.07. The summed E-state index contributed by atoms with van der Waals surface area (Å²) in [5.41, 5.74) is 0. The number of hydrogen-bond acceptors (Lipinski definition) is 4. The largest absolute Gasteiger partial charge is 0.329 e. The fourth-order valence-corrected chi connectivity index (χ4v) is 2.25. The van der Waals surface area contributed by atoms with Crippen molar-refractivity contribution in [3.05, 3.63) is 0 Å². The minimum Gasteiger partial charge on any atom is -0.308 e. The highest BCUT2D eigenvalue weighted by atomic mass is 32.5. The van der Waals surface area contributed by atoms with Crippen molar-refractivity contribution in [2.45, 2.75) is 13.8 Å². The molecule has 15 heavy (non-hydrogen) atoms. The molecule has 0 bridgehead atoms. The zero-order valence-electron chi connectivity index (χ0n) is 8.93. The van der Waals surface area contributed by atoms with Gasteiger partial charge in [-0.3, -0.25) is 9.05 Å². The van der Waals surface area contributed by atoms with Crippen LogP contribution in [-0.2, 0) is 25.4 Å². The van der Waals surface area contributed by atoms with Crippen molar-refractivity contribution >= 4 is 18.5 Å². The van der Waals surface area contributed by atoms with E-state index in [-0.39, 0.29) is 13.2 Å². The minimum atomic E-state index is -2.76. The van der Waals surface area contributed by atoms with Crippen LogP contribution in [0, 0.1) is 30.6 Å². The van der Waals surface area contributed by atoms with Crippen molar-refractivity contribution in [1.82, 2.24) is 0 Å². The standard InChI is InChI=1S/C10H15O3PS/c1-5-7-11-14(15,12-8-6-2)13-9-10(3)4/h1-2,10H,7-9H2,3-4H3. The highest BCUT2D eigenvalue weighted by Crippen LogP contribution is 2.49. The molecular formula is C10H15O3PS. The first-order valence-electron chi connectivity index (χ1n) is 4.44. The van der Waals surface area contributed by atoms with Crippen molar-refractivity contribution in [2.75, 3.05) is 19.8 Å². The van der Waals surface area contributed by atoms with Gasteiger partial charge in [0.1, 0.15) is 13.2 Å². The van der Waals surface area contributed by atoms with Crippen LogP contribution < -0.4 is 0 Å². The fourth-order valence-electron chi connectivity index (χ4n) is 0.585. The van der Waals surface area contributed by atoms with Crippen LogP contribution in [0.5, 0.6) is 0 Å². The van der Waals surface area contributed by atoms with Crippen molar-refractivity contribution in [2.24, 2.45) is 5.92 Å². The molecule has 0 saturated carbocycles. The quantitative estimate of drug-likeness (QED) is 0.508. The van der Waals surface area contributed by atoms with Gasteiger partial charge < -0.3 is 4.52 Å². The molecule has 0 N–H and O–H groups in total. The van der Waals surface area contributed by atoms with E-state index in [1.165, 1.54) is 0 Å². The fraction of sp³-hybridized carbons (Fsp3) is 0.600. The predicted molar refractivity (Wildman–Crippen MR) is 64.6 cm³/mol. The van der Waals surface area contributed by atoms with Gasteiger partial charge in [-0.25, -0.2) is 0 Å². The van der Waals surface area contributed by atoms with Crippen LogP contribution in [0.15, 0.2) is 0 Å². The lowest BCUT2D eigenvalue weighted by molar-refractivity contribution is 0.166. The zero-order valence-corrected chi connectivity index (χ0v) is 10.6. The van der Waals surface area contributed by atoms with Gasteiger partial charge in [-0.2, -0.15) is 0 Å². The first-order chi connectivity index (χ1) is 7.04. The Bertz CT molecular complexity index is 279. The van der Waals surface area contributed by atoms with Gasteiger partial charge in [-0.05, 0) is 17.7 Å². The average Bonchev–Trinajstić information content (AvgIpc) is 2.21. The van der Waals surface area contributed by atoms with Crippen LogP contribution >= 0.6 is 6.72 Å². The Morgan fingerprint density at radius 3 is 1.93 bits per heavy atom. The smallest absolute Gasteiger partial charge is 0.308 e. The van der Waals surface area contributed by atoms with Crippen LogP contribution in [0.1, 0.15) is 13.8 Å². The second-order valence-electron chi connectivity index (χ2n) is 3.09. The van der Waals surface area contributed by atoms with E-state index in [0.717, 1.165) is 0 Å². The van der Waals surface area contributed by atoms with Crippen LogP contribution in [0.2, 0.25) is 0 Å². The summed E-state index contributed by atoms with van der Waals surface area (Å²) in [6, 6.07) is 0. The second-order valence-corrected chi connectivity index (χ2v) is 6.10.